The van der Waals surface area contributed by atoms with Gasteiger partial charge in [-0.3, -0.25) is 4.98 Å². The molecule has 3 rings (SSSR count). The maximum atomic E-state index is 6.16. The molecule has 2 aromatic heterocycles. The molecular weight excluding hydrogens is 266 g/mol. The van der Waals surface area contributed by atoms with Gasteiger partial charge in [-0.2, -0.15) is 0 Å². The molecule has 2 heterocycles. The van der Waals surface area contributed by atoms with E-state index in [1.807, 2.05) is 29.6 Å². The number of nitrogens with zero attached hydrogens (tertiary/aromatic N) is 2. The molecule has 0 spiro atoms. The van der Waals surface area contributed by atoms with Gasteiger partial charge in [0.1, 0.15) is 0 Å². The van der Waals surface area contributed by atoms with Gasteiger partial charge in [0, 0.05) is 34.7 Å². The van der Waals surface area contributed by atoms with Crippen LogP contribution >= 0.6 is 22.9 Å². The summed E-state index contributed by atoms with van der Waals surface area (Å²) in [5, 5.41) is 7.85. The van der Waals surface area contributed by atoms with Crippen LogP contribution < -0.4 is 5.32 Å². The lowest BCUT2D eigenvalue weighted by molar-refractivity contribution is 1.14. The summed E-state index contributed by atoms with van der Waals surface area (Å²) >= 11 is 7.74. The van der Waals surface area contributed by atoms with Crippen molar-refractivity contribution in [2.45, 2.75) is 6.54 Å². The minimum Gasteiger partial charge on any atom is -0.357 e. The van der Waals surface area contributed by atoms with Gasteiger partial charge >= 0.3 is 0 Å². The molecule has 3 nitrogen and oxygen atoms in total. The molecule has 0 aliphatic heterocycles. The second kappa shape index (κ2) is 4.92. The molecule has 5 heteroatoms. The molecule has 1 N–H and O–H groups in total. The molecule has 18 heavy (non-hydrogen) atoms. The molecule has 0 unspecified atom stereocenters. The van der Waals surface area contributed by atoms with Gasteiger partial charge in [-0.15, -0.1) is 11.3 Å². The monoisotopic (exact) mass is 275 g/mol. The van der Waals surface area contributed by atoms with Crippen LogP contribution in [0.4, 0.5) is 5.13 Å². The van der Waals surface area contributed by atoms with E-state index in [0.717, 1.165) is 26.6 Å². The largest absolute Gasteiger partial charge is 0.357 e. The summed E-state index contributed by atoms with van der Waals surface area (Å²) in [6.07, 6.45) is 3.57. The van der Waals surface area contributed by atoms with Crippen LogP contribution in [-0.2, 0) is 6.54 Å². The van der Waals surface area contributed by atoms with Crippen molar-refractivity contribution in [2.75, 3.05) is 5.32 Å². The fourth-order valence-electron chi connectivity index (χ4n) is 1.82. The number of nitrogens with one attached hydrogen (secondary N) is 1. The number of rotatable bonds is 3. The maximum Gasteiger partial charge on any atom is 0.182 e. The molecule has 0 radical (unpaired) electrons. The van der Waals surface area contributed by atoms with Gasteiger partial charge in [-0.05, 0) is 23.8 Å². The molecule has 0 saturated carbocycles. The molecule has 90 valence electrons. The smallest absolute Gasteiger partial charge is 0.182 e. The first-order chi connectivity index (χ1) is 8.84. The van der Waals surface area contributed by atoms with Crippen molar-refractivity contribution in [3.8, 4) is 0 Å². The number of anilines is 1. The molecule has 0 aliphatic rings. The Kier molecular flexibility index (Phi) is 3.13. The van der Waals surface area contributed by atoms with Crippen LogP contribution in [0.2, 0.25) is 5.02 Å². The molecule has 0 saturated heterocycles. The molecule has 0 atom stereocenters. The lowest BCUT2D eigenvalue weighted by atomic mass is 10.1. The lowest BCUT2D eigenvalue weighted by Gasteiger charge is -2.07. The summed E-state index contributed by atoms with van der Waals surface area (Å²) in [5.41, 5.74) is 2.05. The summed E-state index contributed by atoms with van der Waals surface area (Å²) in [4.78, 5) is 8.59. The normalized spacial score (nSPS) is 10.7. The zero-order chi connectivity index (χ0) is 12.4. The van der Waals surface area contributed by atoms with Gasteiger partial charge in [-0.25, -0.2) is 4.98 Å². The highest BCUT2D eigenvalue weighted by atomic mass is 35.5. The number of hydrogen-bond donors (Lipinski definition) is 1. The number of benzene rings is 1. The third-order valence-corrected chi connectivity index (χ3v) is 3.72. The fourth-order valence-corrected chi connectivity index (χ4v) is 2.56. The van der Waals surface area contributed by atoms with Gasteiger partial charge in [0.15, 0.2) is 5.13 Å². The van der Waals surface area contributed by atoms with Crippen LogP contribution in [-0.4, -0.2) is 9.97 Å². The van der Waals surface area contributed by atoms with Crippen LogP contribution in [0.3, 0.4) is 0 Å². The summed E-state index contributed by atoms with van der Waals surface area (Å²) < 4.78 is 0. The van der Waals surface area contributed by atoms with E-state index < -0.39 is 0 Å². The van der Waals surface area contributed by atoms with E-state index in [4.69, 9.17) is 11.6 Å². The van der Waals surface area contributed by atoms with Gasteiger partial charge < -0.3 is 5.32 Å². The molecule has 1 aromatic carbocycles. The molecule has 0 amide bonds. The molecular formula is C13H10ClN3S. The minimum atomic E-state index is 0.693. The van der Waals surface area contributed by atoms with E-state index >= 15 is 0 Å². The number of aromatic nitrogens is 2. The summed E-state index contributed by atoms with van der Waals surface area (Å²) in [6, 6.07) is 7.78. The van der Waals surface area contributed by atoms with Crippen molar-refractivity contribution in [3.63, 3.8) is 0 Å². The summed E-state index contributed by atoms with van der Waals surface area (Å²) in [6.45, 7) is 0.693. The van der Waals surface area contributed by atoms with Gasteiger partial charge in [0.05, 0.1) is 5.52 Å². The molecule has 0 aliphatic carbocycles. The van der Waals surface area contributed by atoms with Crippen LogP contribution in [0, 0.1) is 0 Å². The third-order valence-electron chi connectivity index (χ3n) is 2.66. The molecule has 0 fully saturated rings. The highest BCUT2D eigenvalue weighted by Gasteiger charge is 2.05. The first-order valence-electron chi connectivity index (χ1n) is 5.50. The van der Waals surface area contributed by atoms with Crippen molar-refractivity contribution in [2.24, 2.45) is 0 Å². The van der Waals surface area contributed by atoms with Gasteiger partial charge in [0.25, 0.3) is 0 Å². The maximum absolute atomic E-state index is 6.16. The second-order valence-electron chi connectivity index (χ2n) is 3.80. The van der Waals surface area contributed by atoms with Crippen LogP contribution in [0.15, 0.2) is 42.0 Å². The number of fused-ring (bicyclic) bond motifs is 1. The predicted molar refractivity (Wildman–Crippen MR) is 76.2 cm³/mol. The first-order valence-corrected chi connectivity index (χ1v) is 6.76. The van der Waals surface area contributed by atoms with Crippen molar-refractivity contribution in [3.05, 3.63) is 52.6 Å². The lowest BCUT2D eigenvalue weighted by Crippen LogP contribution is -2.00. The van der Waals surface area contributed by atoms with E-state index in [1.54, 1.807) is 23.7 Å². The summed E-state index contributed by atoms with van der Waals surface area (Å²) in [5.74, 6) is 0. The fraction of sp³-hybridized carbons (Fsp3) is 0.0769. The van der Waals surface area contributed by atoms with Crippen molar-refractivity contribution < 1.29 is 0 Å². The van der Waals surface area contributed by atoms with E-state index in [-0.39, 0.29) is 0 Å². The summed E-state index contributed by atoms with van der Waals surface area (Å²) in [7, 11) is 0. The topological polar surface area (TPSA) is 37.8 Å². The minimum absolute atomic E-state index is 0.693. The SMILES string of the molecule is Clc1ccc(CNc2nccs2)c2ncccc12. The Labute approximate surface area is 113 Å². The van der Waals surface area contributed by atoms with Crippen LogP contribution in [0.5, 0.6) is 0 Å². The molecule has 3 aromatic rings. The highest BCUT2D eigenvalue weighted by Crippen LogP contribution is 2.25. The number of halogens is 1. The van der Waals surface area contributed by atoms with Crippen molar-refractivity contribution >= 4 is 39.0 Å². The standard InChI is InChI=1S/C13H10ClN3S/c14-11-4-3-9(8-17-13-16-6-7-18-13)12-10(11)2-1-5-15-12/h1-7H,8H2,(H,16,17). The van der Waals surface area contributed by atoms with E-state index in [2.05, 4.69) is 15.3 Å². The van der Waals surface area contributed by atoms with Gasteiger partial charge in [-0.1, -0.05) is 17.7 Å². The Hall–Kier alpha value is -1.65. The quantitative estimate of drug-likeness (QED) is 0.786. The van der Waals surface area contributed by atoms with E-state index in [1.165, 1.54) is 0 Å². The second-order valence-corrected chi connectivity index (χ2v) is 5.10. The van der Waals surface area contributed by atoms with Gasteiger partial charge in [0.2, 0.25) is 0 Å². The third kappa shape index (κ3) is 2.17. The average Bonchev–Trinajstić information content (AvgIpc) is 2.92. The number of thiazole rings is 1. The Morgan fingerprint density at radius 1 is 1.17 bits per heavy atom. The Morgan fingerprint density at radius 3 is 2.94 bits per heavy atom. The first kappa shape index (κ1) is 11.4. The average molecular weight is 276 g/mol. The number of hydrogen-bond acceptors (Lipinski definition) is 4. The highest BCUT2D eigenvalue weighted by molar-refractivity contribution is 7.13. The molecule has 0 bridgehead atoms. The zero-order valence-corrected chi connectivity index (χ0v) is 11.0. The van der Waals surface area contributed by atoms with Crippen LogP contribution in [0.25, 0.3) is 10.9 Å². The van der Waals surface area contributed by atoms with Crippen LogP contribution in [0.1, 0.15) is 5.56 Å². The Bertz CT molecular complexity index is 667. The van der Waals surface area contributed by atoms with E-state index in [0.29, 0.717) is 6.54 Å². The Morgan fingerprint density at radius 2 is 2.11 bits per heavy atom. The predicted octanol–water partition coefficient (Wildman–Crippen LogP) is 3.96. The van der Waals surface area contributed by atoms with E-state index in [9.17, 15) is 0 Å². The number of pyridine rings is 1. The zero-order valence-electron chi connectivity index (χ0n) is 9.43. The Balaban J connectivity index is 1.94. The van der Waals surface area contributed by atoms with Crippen molar-refractivity contribution in [1.29, 1.82) is 0 Å². The van der Waals surface area contributed by atoms with Crippen molar-refractivity contribution in [1.82, 2.24) is 9.97 Å².